The van der Waals surface area contributed by atoms with Crippen LogP contribution in [0.15, 0.2) is 33.6 Å². The van der Waals surface area contributed by atoms with Gasteiger partial charge in [0, 0.05) is 15.9 Å². The van der Waals surface area contributed by atoms with E-state index >= 15 is 0 Å². The Morgan fingerprint density at radius 1 is 1.40 bits per heavy atom. The van der Waals surface area contributed by atoms with Crippen LogP contribution in [-0.4, -0.2) is 29.9 Å². The lowest BCUT2D eigenvalue weighted by Crippen LogP contribution is -2.27. The Labute approximate surface area is 101 Å². The van der Waals surface area contributed by atoms with E-state index in [1.54, 1.807) is 0 Å². The predicted molar refractivity (Wildman–Crippen MR) is 65.0 cm³/mol. The Morgan fingerprint density at radius 2 is 2.07 bits per heavy atom. The molecule has 0 aliphatic carbocycles. The summed E-state index contributed by atoms with van der Waals surface area (Å²) in [6.07, 6.45) is 0. The number of benzene rings is 1. The molecule has 0 saturated heterocycles. The lowest BCUT2D eigenvalue weighted by Gasteiger charge is -2.03. The minimum Gasteiger partial charge on any atom is -0.395 e. The van der Waals surface area contributed by atoms with Crippen LogP contribution in [0.1, 0.15) is 0 Å². The second-order valence-corrected chi connectivity index (χ2v) is 4.78. The number of rotatable bonds is 5. The smallest absolute Gasteiger partial charge is 0.230 e. The van der Waals surface area contributed by atoms with Crippen LogP contribution in [0.4, 0.5) is 0 Å². The summed E-state index contributed by atoms with van der Waals surface area (Å²) in [5, 5.41) is 11.1. The van der Waals surface area contributed by atoms with Crippen molar-refractivity contribution in [1.29, 1.82) is 0 Å². The zero-order valence-electron chi connectivity index (χ0n) is 8.07. The first kappa shape index (κ1) is 12.5. The third-order valence-electron chi connectivity index (χ3n) is 1.62. The highest BCUT2D eigenvalue weighted by atomic mass is 79.9. The van der Waals surface area contributed by atoms with E-state index in [1.165, 1.54) is 11.8 Å². The number of thioether (sulfide) groups is 1. The van der Waals surface area contributed by atoms with Crippen LogP contribution in [0.5, 0.6) is 0 Å². The summed E-state index contributed by atoms with van der Waals surface area (Å²) in [7, 11) is 0. The molecule has 2 N–H and O–H groups in total. The lowest BCUT2D eigenvalue weighted by molar-refractivity contribution is -0.118. The van der Waals surface area contributed by atoms with E-state index in [4.69, 9.17) is 5.11 Å². The van der Waals surface area contributed by atoms with Crippen LogP contribution < -0.4 is 5.32 Å². The van der Waals surface area contributed by atoms with E-state index in [1.807, 2.05) is 24.3 Å². The molecule has 15 heavy (non-hydrogen) atoms. The van der Waals surface area contributed by atoms with Gasteiger partial charge in [-0.3, -0.25) is 4.79 Å². The molecule has 0 spiro atoms. The maximum atomic E-state index is 11.2. The second-order valence-electron chi connectivity index (χ2n) is 2.82. The van der Waals surface area contributed by atoms with Crippen molar-refractivity contribution in [2.75, 3.05) is 18.9 Å². The molecule has 0 fully saturated rings. The summed E-state index contributed by atoms with van der Waals surface area (Å²) >= 11 is 4.82. The summed E-state index contributed by atoms with van der Waals surface area (Å²) < 4.78 is 1.02. The molecule has 82 valence electrons. The normalized spacial score (nSPS) is 10.0. The highest BCUT2D eigenvalue weighted by molar-refractivity contribution is 9.10. The number of aliphatic hydroxyl groups is 1. The Morgan fingerprint density at radius 3 is 2.67 bits per heavy atom. The van der Waals surface area contributed by atoms with E-state index in [-0.39, 0.29) is 12.5 Å². The minimum atomic E-state index is -0.0584. The van der Waals surface area contributed by atoms with E-state index in [0.717, 1.165) is 9.37 Å². The van der Waals surface area contributed by atoms with Crippen LogP contribution >= 0.6 is 27.7 Å². The van der Waals surface area contributed by atoms with E-state index in [0.29, 0.717) is 12.3 Å². The molecule has 0 heterocycles. The summed E-state index contributed by atoms with van der Waals surface area (Å²) in [5.41, 5.74) is 0. The molecular weight excluding hydrogens is 278 g/mol. The zero-order valence-corrected chi connectivity index (χ0v) is 10.5. The fraction of sp³-hybridized carbons (Fsp3) is 0.300. The standard InChI is InChI=1S/C10H12BrNO2S/c11-8-1-3-9(4-2-8)15-7-10(14)12-5-6-13/h1-4,13H,5-7H2,(H,12,14). The number of halogens is 1. The molecule has 0 radical (unpaired) electrons. The predicted octanol–water partition coefficient (Wildman–Crippen LogP) is 1.65. The first-order valence-corrected chi connectivity index (χ1v) is 6.26. The highest BCUT2D eigenvalue weighted by Crippen LogP contribution is 2.20. The summed E-state index contributed by atoms with van der Waals surface area (Å²) in [4.78, 5) is 12.2. The minimum absolute atomic E-state index is 0.0192. The molecular formula is C10H12BrNO2S. The number of hydrogen-bond donors (Lipinski definition) is 2. The molecule has 1 amide bonds. The first-order valence-electron chi connectivity index (χ1n) is 4.48. The Kier molecular flexibility index (Phi) is 5.75. The third kappa shape index (κ3) is 5.20. The quantitative estimate of drug-likeness (QED) is 0.811. The van der Waals surface area contributed by atoms with Gasteiger partial charge in [-0.2, -0.15) is 0 Å². The van der Waals surface area contributed by atoms with Gasteiger partial charge in [-0.25, -0.2) is 0 Å². The van der Waals surface area contributed by atoms with Gasteiger partial charge in [0.2, 0.25) is 5.91 Å². The maximum Gasteiger partial charge on any atom is 0.230 e. The van der Waals surface area contributed by atoms with Gasteiger partial charge in [-0.1, -0.05) is 15.9 Å². The Balaban J connectivity index is 2.30. The van der Waals surface area contributed by atoms with Crippen LogP contribution in [0.3, 0.4) is 0 Å². The lowest BCUT2D eigenvalue weighted by atomic mass is 10.4. The largest absolute Gasteiger partial charge is 0.395 e. The number of nitrogens with one attached hydrogen (secondary N) is 1. The molecule has 1 aromatic rings. The van der Waals surface area contributed by atoms with Crippen molar-refractivity contribution in [1.82, 2.24) is 5.32 Å². The number of amides is 1. The number of carbonyl (C=O) groups excluding carboxylic acids is 1. The van der Waals surface area contributed by atoms with Crippen LogP contribution in [-0.2, 0) is 4.79 Å². The molecule has 3 nitrogen and oxygen atoms in total. The summed E-state index contributed by atoms with van der Waals surface area (Å²) in [6.45, 7) is 0.300. The molecule has 1 aromatic carbocycles. The van der Waals surface area contributed by atoms with Crippen molar-refractivity contribution in [3.05, 3.63) is 28.7 Å². The van der Waals surface area contributed by atoms with Crippen LogP contribution in [0.2, 0.25) is 0 Å². The van der Waals surface area contributed by atoms with Gasteiger partial charge in [-0.15, -0.1) is 11.8 Å². The van der Waals surface area contributed by atoms with Gasteiger partial charge >= 0.3 is 0 Å². The maximum absolute atomic E-state index is 11.2. The van der Waals surface area contributed by atoms with Crippen LogP contribution in [0.25, 0.3) is 0 Å². The number of hydrogen-bond acceptors (Lipinski definition) is 3. The van der Waals surface area contributed by atoms with Crippen LogP contribution in [0, 0.1) is 0 Å². The fourth-order valence-corrected chi connectivity index (χ4v) is 1.92. The van der Waals surface area contributed by atoms with Crippen molar-refractivity contribution in [3.63, 3.8) is 0 Å². The molecule has 1 rings (SSSR count). The van der Waals surface area contributed by atoms with Crippen molar-refractivity contribution in [3.8, 4) is 0 Å². The van der Waals surface area contributed by atoms with Gasteiger partial charge < -0.3 is 10.4 Å². The average Bonchev–Trinajstić information content (AvgIpc) is 2.25. The highest BCUT2D eigenvalue weighted by Gasteiger charge is 2.01. The van der Waals surface area contributed by atoms with Crippen molar-refractivity contribution >= 4 is 33.6 Å². The molecule has 0 aliphatic rings. The topological polar surface area (TPSA) is 49.3 Å². The molecule has 5 heteroatoms. The Hall–Kier alpha value is -0.520. The van der Waals surface area contributed by atoms with Crippen molar-refractivity contribution < 1.29 is 9.90 Å². The van der Waals surface area contributed by atoms with Crippen molar-refractivity contribution in [2.24, 2.45) is 0 Å². The third-order valence-corrected chi connectivity index (χ3v) is 3.16. The second kappa shape index (κ2) is 6.87. The van der Waals surface area contributed by atoms with Gasteiger partial charge in [0.15, 0.2) is 0 Å². The Bertz CT molecular complexity index is 316. The van der Waals surface area contributed by atoms with Gasteiger partial charge in [0.1, 0.15) is 0 Å². The van der Waals surface area contributed by atoms with E-state index in [2.05, 4.69) is 21.2 Å². The summed E-state index contributed by atoms with van der Waals surface area (Å²) in [6, 6.07) is 7.78. The van der Waals surface area contributed by atoms with Gasteiger partial charge in [0.25, 0.3) is 0 Å². The first-order chi connectivity index (χ1) is 7.22. The number of carbonyl (C=O) groups is 1. The monoisotopic (exact) mass is 289 g/mol. The van der Waals surface area contributed by atoms with Gasteiger partial charge in [-0.05, 0) is 24.3 Å². The van der Waals surface area contributed by atoms with E-state index in [9.17, 15) is 4.79 Å². The molecule has 0 saturated carbocycles. The van der Waals surface area contributed by atoms with Gasteiger partial charge in [0.05, 0.1) is 12.4 Å². The molecule has 0 aliphatic heterocycles. The molecule has 0 atom stereocenters. The molecule has 0 unspecified atom stereocenters. The van der Waals surface area contributed by atoms with E-state index < -0.39 is 0 Å². The molecule has 0 aromatic heterocycles. The zero-order chi connectivity index (χ0) is 11.1. The number of aliphatic hydroxyl groups excluding tert-OH is 1. The average molecular weight is 290 g/mol. The van der Waals surface area contributed by atoms with Crippen molar-refractivity contribution in [2.45, 2.75) is 4.90 Å². The SMILES string of the molecule is O=C(CSc1ccc(Br)cc1)NCCO. The molecule has 0 bridgehead atoms. The fourth-order valence-electron chi connectivity index (χ4n) is 0.926. The summed E-state index contributed by atoms with van der Waals surface area (Å²) in [5.74, 6) is 0.318.